The molecule has 0 aromatic heterocycles. The third kappa shape index (κ3) is 2.65. The van der Waals surface area contributed by atoms with Crippen molar-refractivity contribution in [2.75, 3.05) is 27.8 Å². The quantitative estimate of drug-likeness (QED) is 0.903. The molecule has 0 aliphatic heterocycles. The van der Waals surface area contributed by atoms with Crippen LogP contribution in [0.1, 0.15) is 5.56 Å². The van der Waals surface area contributed by atoms with Crippen LogP contribution >= 0.6 is 15.9 Å². The Labute approximate surface area is 103 Å². The summed E-state index contributed by atoms with van der Waals surface area (Å²) in [5.41, 5.74) is 0.807. The summed E-state index contributed by atoms with van der Waals surface area (Å²) in [7, 11) is 4.73. The molecule has 0 atom stereocenters. The number of halogens is 2. The Morgan fingerprint density at radius 3 is 2.44 bits per heavy atom. The van der Waals surface area contributed by atoms with Gasteiger partial charge < -0.3 is 14.8 Å². The van der Waals surface area contributed by atoms with E-state index in [1.165, 1.54) is 14.2 Å². The summed E-state index contributed by atoms with van der Waals surface area (Å²) in [5, 5.41) is 3.01. The van der Waals surface area contributed by atoms with Crippen LogP contribution < -0.4 is 14.8 Å². The number of hydrogen-bond acceptors (Lipinski definition) is 3. The third-order valence-electron chi connectivity index (χ3n) is 2.26. The second-order valence-corrected chi connectivity index (χ2v) is 4.11. The normalized spacial score (nSPS) is 10.3. The molecule has 90 valence electrons. The molecule has 1 N–H and O–H groups in total. The molecule has 0 aliphatic rings. The maximum atomic E-state index is 13.9. The predicted molar refractivity (Wildman–Crippen MR) is 64.8 cm³/mol. The highest BCUT2D eigenvalue weighted by molar-refractivity contribution is 9.10. The molecule has 0 saturated heterocycles. The Bertz CT molecular complexity index is 371. The SMILES string of the molecule is CNCCc1cc(Br)c(OC)c(F)c1OC. The maximum Gasteiger partial charge on any atom is 0.208 e. The average Bonchev–Trinajstić information content (AvgIpc) is 2.26. The minimum absolute atomic E-state index is 0.171. The van der Waals surface area contributed by atoms with Gasteiger partial charge in [-0.25, -0.2) is 0 Å². The fraction of sp³-hybridized carbons (Fsp3) is 0.455. The van der Waals surface area contributed by atoms with E-state index in [2.05, 4.69) is 21.2 Å². The number of hydrogen-bond donors (Lipinski definition) is 1. The van der Waals surface area contributed by atoms with Crippen LogP contribution in [-0.2, 0) is 6.42 Å². The first-order valence-electron chi connectivity index (χ1n) is 4.89. The van der Waals surface area contributed by atoms with Gasteiger partial charge in [-0.05, 0) is 47.6 Å². The highest BCUT2D eigenvalue weighted by Gasteiger charge is 2.18. The maximum absolute atomic E-state index is 13.9. The summed E-state index contributed by atoms with van der Waals surface area (Å²) in [6.07, 6.45) is 0.694. The first-order valence-corrected chi connectivity index (χ1v) is 5.68. The molecule has 5 heteroatoms. The first kappa shape index (κ1) is 13.3. The van der Waals surface area contributed by atoms with Crippen LogP contribution in [0.3, 0.4) is 0 Å². The van der Waals surface area contributed by atoms with E-state index in [0.29, 0.717) is 10.9 Å². The van der Waals surface area contributed by atoms with Gasteiger partial charge in [-0.15, -0.1) is 0 Å². The lowest BCUT2D eigenvalue weighted by Crippen LogP contribution is -2.11. The molecule has 0 saturated carbocycles. The van der Waals surface area contributed by atoms with E-state index in [9.17, 15) is 4.39 Å². The molecule has 0 unspecified atom stereocenters. The van der Waals surface area contributed by atoms with E-state index >= 15 is 0 Å². The molecular formula is C11H15BrFNO2. The van der Waals surface area contributed by atoms with E-state index < -0.39 is 5.82 Å². The van der Waals surface area contributed by atoms with Gasteiger partial charge in [0, 0.05) is 0 Å². The van der Waals surface area contributed by atoms with Crippen molar-refractivity contribution in [3.63, 3.8) is 0 Å². The van der Waals surface area contributed by atoms with Crippen LogP contribution in [0.25, 0.3) is 0 Å². The van der Waals surface area contributed by atoms with Crippen molar-refractivity contribution in [1.29, 1.82) is 0 Å². The van der Waals surface area contributed by atoms with E-state index in [0.717, 1.165) is 12.1 Å². The van der Waals surface area contributed by atoms with Crippen molar-refractivity contribution in [2.24, 2.45) is 0 Å². The van der Waals surface area contributed by atoms with Crippen molar-refractivity contribution in [3.05, 3.63) is 21.9 Å². The number of rotatable bonds is 5. The van der Waals surface area contributed by atoms with E-state index in [1.807, 2.05) is 13.1 Å². The molecule has 3 nitrogen and oxygen atoms in total. The summed E-state index contributed by atoms with van der Waals surface area (Å²) < 4.78 is 24.5. The zero-order valence-corrected chi connectivity index (χ0v) is 11.1. The van der Waals surface area contributed by atoms with Crippen LogP contribution in [0.4, 0.5) is 4.39 Å². The lowest BCUT2D eigenvalue weighted by molar-refractivity contribution is 0.345. The van der Waals surface area contributed by atoms with Gasteiger partial charge in [-0.1, -0.05) is 0 Å². The Morgan fingerprint density at radius 2 is 1.94 bits per heavy atom. The highest BCUT2D eigenvalue weighted by atomic mass is 79.9. The number of methoxy groups -OCH3 is 2. The largest absolute Gasteiger partial charge is 0.493 e. The molecule has 0 fully saturated rings. The van der Waals surface area contributed by atoms with Gasteiger partial charge >= 0.3 is 0 Å². The summed E-state index contributed by atoms with van der Waals surface area (Å²) in [6, 6.07) is 1.82. The molecule has 1 aromatic carbocycles. The second kappa shape index (κ2) is 6.06. The number of ether oxygens (including phenoxy) is 2. The molecule has 0 bridgehead atoms. The van der Waals surface area contributed by atoms with Gasteiger partial charge in [0.2, 0.25) is 5.82 Å². The Balaban J connectivity index is 3.18. The topological polar surface area (TPSA) is 30.5 Å². The first-order chi connectivity index (χ1) is 7.65. The molecule has 0 amide bonds. The number of benzene rings is 1. The summed E-state index contributed by atoms with van der Waals surface area (Å²) in [5.74, 6) is -0.0502. The van der Waals surface area contributed by atoms with Crippen LogP contribution in [0.5, 0.6) is 11.5 Å². The van der Waals surface area contributed by atoms with Crippen molar-refractivity contribution in [3.8, 4) is 11.5 Å². The fourth-order valence-corrected chi connectivity index (χ4v) is 2.10. The predicted octanol–water partition coefficient (Wildman–Crippen LogP) is 2.37. The minimum atomic E-state index is -0.467. The Morgan fingerprint density at radius 1 is 1.31 bits per heavy atom. The zero-order valence-electron chi connectivity index (χ0n) is 9.56. The van der Waals surface area contributed by atoms with Gasteiger partial charge in [-0.3, -0.25) is 0 Å². The number of nitrogens with one attached hydrogen (secondary N) is 1. The van der Waals surface area contributed by atoms with Crippen LogP contribution in [0, 0.1) is 5.82 Å². The molecule has 1 aromatic rings. The zero-order chi connectivity index (χ0) is 12.1. The standard InChI is InChI=1S/C11H15BrFNO2/c1-14-5-4-7-6-8(12)11(16-3)9(13)10(7)15-2/h6,14H,4-5H2,1-3H3. The lowest BCUT2D eigenvalue weighted by Gasteiger charge is -2.13. The van der Waals surface area contributed by atoms with Crippen molar-refractivity contribution < 1.29 is 13.9 Å². The second-order valence-electron chi connectivity index (χ2n) is 3.25. The van der Waals surface area contributed by atoms with E-state index in [-0.39, 0.29) is 11.5 Å². The monoisotopic (exact) mass is 291 g/mol. The van der Waals surface area contributed by atoms with Gasteiger partial charge in [-0.2, -0.15) is 4.39 Å². The summed E-state index contributed by atoms with van der Waals surface area (Å²) >= 11 is 3.27. The van der Waals surface area contributed by atoms with E-state index in [4.69, 9.17) is 9.47 Å². The average molecular weight is 292 g/mol. The van der Waals surface area contributed by atoms with Crippen molar-refractivity contribution >= 4 is 15.9 Å². The van der Waals surface area contributed by atoms with E-state index in [1.54, 1.807) is 0 Å². The molecule has 1 rings (SSSR count). The van der Waals surface area contributed by atoms with Gasteiger partial charge in [0.1, 0.15) is 0 Å². The molecule has 0 radical (unpaired) electrons. The summed E-state index contributed by atoms with van der Waals surface area (Å²) in [6.45, 7) is 0.759. The smallest absolute Gasteiger partial charge is 0.208 e. The van der Waals surface area contributed by atoms with Crippen molar-refractivity contribution in [2.45, 2.75) is 6.42 Å². The van der Waals surface area contributed by atoms with Crippen LogP contribution in [0.2, 0.25) is 0 Å². The highest BCUT2D eigenvalue weighted by Crippen LogP contribution is 2.37. The van der Waals surface area contributed by atoms with Crippen molar-refractivity contribution in [1.82, 2.24) is 5.32 Å². The van der Waals surface area contributed by atoms with Crippen LogP contribution in [0.15, 0.2) is 10.5 Å². The van der Waals surface area contributed by atoms with Gasteiger partial charge in [0.25, 0.3) is 0 Å². The van der Waals surface area contributed by atoms with Crippen LogP contribution in [-0.4, -0.2) is 27.8 Å². The van der Waals surface area contributed by atoms with Gasteiger partial charge in [0.15, 0.2) is 11.5 Å². The molecule has 0 spiro atoms. The van der Waals surface area contributed by atoms with Gasteiger partial charge in [0.05, 0.1) is 18.7 Å². The lowest BCUT2D eigenvalue weighted by atomic mass is 10.1. The fourth-order valence-electron chi connectivity index (χ4n) is 1.49. The Hall–Kier alpha value is -0.810. The molecular weight excluding hydrogens is 277 g/mol. The summed E-state index contributed by atoms with van der Waals surface area (Å²) in [4.78, 5) is 0. The molecule has 0 aliphatic carbocycles. The Kier molecular flexibility index (Phi) is 5.02. The number of likely N-dealkylation sites (N-methyl/N-ethyl adjacent to an activating group) is 1. The molecule has 0 heterocycles. The minimum Gasteiger partial charge on any atom is -0.493 e. The molecule has 16 heavy (non-hydrogen) atoms. The third-order valence-corrected chi connectivity index (χ3v) is 2.85.